The molecule has 0 aliphatic rings. The highest BCUT2D eigenvalue weighted by atomic mass is 16.4. The summed E-state index contributed by atoms with van der Waals surface area (Å²) in [6, 6.07) is 2.66. The zero-order chi connectivity index (χ0) is 30.4. The van der Waals surface area contributed by atoms with Crippen LogP contribution in [0.3, 0.4) is 0 Å². The molecule has 15 heteroatoms. The van der Waals surface area contributed by atoms with Gasteiger partial charge in [0.25, 0.3) is 0 Å². The first-order valence-corrected chi connectivity index (χ1v) is 12.3. The predicted octanol–water partition coefficient (Wildman–Crippen LogP) is -1.79. The minimum atomic E-state index is -1.71. The lowest BCUT2D eigenvalue weighted by Gasteiger charge is -2.26. The quantitative estimate of drug-likeness (QED) is 0.105. The van der Waals surface area contributed by atoms with E-state index in [2.05, 4.69) is 21.3 Å². The maximum Gasteiger partial charge on any atom is 0.322 e. The molecule has 0 unspecified atom stereocenters. The third-order valence-electron chi connectivity index (χ3n) is 5.41. The molecule has 0 aromatic heterocycles. The summed E-state index contributed by atoms with van der Waals surface area (Å²) in [5.41, 5.74) is 6.10. The minimum Gasteiger partial charge on any atom is -0.481 e. The Balaban J connectivity index is 3.20. The molecule has 0 heterocycles. The average Bonchev–Trinajstić information content (AvgIpc) is 2.85. The van der Waals surface area contributed by atoms with Gasteiger partial charge in [-0.3, -0.25) is 33.6 Å². The van der Waals surface area contributed by atoms with Gasteiger partial charge in [-0.05, 0) is 17.9 Å². The van der Waals surface area contributed by atoms with Gasteiger partial charge in [0.1, 0.15) is 24.7 Å². The van der Waals surface area contributed by atoms with Crippen molar-refractivity contribution in [1.82, 2.24) is 21.3 Å². The van der Waals surface area contributed by atoms with E-state index < -0.39 is 85.1 Å². The predicted molar refractivity (Wildman–Crippen MR) is 139 cm³/mol. The van der Waals surface area contributed by atoms with Crippen LogP contribution in [0.25, 0.3) is 0 Å². The SMILES string of the molecule is CC(C)C[C@H](NC(=O)[C@H](Cc1ccccc1)NC(=O)[C@H](CC(=O)O)NC(=O)[C@@H](N)CC(=O)O)C(=O)NCC(=O)O. The molecule has 1 rings (SSSR count). The summed E-state index contributed by atoms with van der Waals surface area (Å²) in [6.45, 7) is 2.89. The largest absolute Gasteiger partial charge is 0.481 e. The molecule has 9 N–H and O–H groups in total. The molecule has 0 fully saturated rings. The van der Waals surface area contributed by atoms with Crippen LogP contribution in [-0.4, -0.2) is 87.6 Å². The first kappa shape index (κ1) is 33.5. The Hall–Kier alpha value is -4.53. The summed E-state index contributed by atoms with van der Waals surface area (Å²) in [5.74, 6) is -7.95. The molecule has 0 saturated heterocycles. The van der Waals surface area contributed by atoms with E-state index in [4.69, 9.17) is 15.9 Å². The molecule has 0 spiro atoms. The number of aliphatic carboxylic acids is 3. The lowest BCUT2D eigenvalue weighted by Crippen LogP contribution is -2.59. The molecule has 0 aliphatic heterocycles. The standard InChI is InChI=1S/C25H35N5O10/c1-13(2)8-16(23(38)27-12-21(35)36)29-24(39)17(9-14-6-4-3-5-7-14)30-25(40)18(11-20(33)34)28-22(37)15(26)10-19(31)32/h3-7,13,15-18H,8-12,26H2,1-2H3,(H,27,38)(H,28,37)(H,29,39)(H,30,40)(H,31,32)(H,33,34)(H,35,36)/t15-,16-,17-,18-/m0/s1. The zero-order valence-electron chi connectivity index (χ0n) is 22.1. The highest BCUT2D eigenvalue weighted by molar-refractivity contribution is 5.97. The van der Waals surface area contributed by atoms with Crippen LogP contribution >= 0.6 is 0 Å². The third kappa shape index (κ3) is 12.8. The normalized spacial score (nSPS) is 13.7. The van der Waals surface area contributed by atoms with Gasteiger partial charge in [0.05, 0.1) is 18.9 Å². The number of carboxylic acids is 3. The van der Waals surface area contributed by atoms with Crippen LogP contribution in [0.4, 0.5) is 0 Å². The van der Waals surface area contributed by atoms with Gasteiger partial charge in [-0.1, -0.05) is 44.2 Å². The van der Waals surface area contributed by atoms with Crippen LogP contribution < -0.4 is 27.0 Å². The van der Waals surface area contributed by atoms with E-state index in [-0.39, 0.29) is 18.8 Å². The summed E-state index contributed by atoms with van der Waals surface area (Å²) in [4.78, 5) is 84.3. The molecular formula is C25H35N5O10. The van der Waals surface area contributed by atoms with Gasteiger partial charge in [-0.25, -0.2) is 0 Å². The third-order valence-corrected chi connectivity index (χ3v) is 5.41. The highest BCUT2D eigenvalue weighted by Gasteiger charge is 2.32. The molecule has 15 nitrogen and oxygen atoms in total. The second kappa shape index (κ2) is 16.4. The van der Waals surface area contributed by atoms with Crippen LogP contribution in [-0.2, 0) is 40.0 Å². The van der Waals surface area contributed by atoms with Crippen molar-refractivity contribution in [1.29, 1.82) is 0 Å². The van der Waals surface area contributed by atoms with Crippen LogP contribution in [0.15, 0.2) is 30.3 Å². The zero-order valence-corrected chi connectivity index (χ0v) is 22.1. The fourth-order valence-electron chi connectivity index (χ4n) is 3.54. The molecule has 1 aromatic rings. The van der Waals surface area contributed by atoms with Crippen LogP contribution in [0.1, 0.15) is 38.7 Å². The molecule has 0 radical (unpaired) electrons. The van der Waals surface area contributed by atoms with Crippen molar-refractivity contribution in [2.24, 2.45) is 11.7 Å². The number of nitrogens with one attached hydrogen (secondary N) is 4. The van der Waals surface area contributed by atoms with Gasteiger partial charge in [-0.2, -0.15) is 0 Å². The number of nitrogens with two attached hydrogens (primary N) is 1. The Morgan fingerprint density at radius 2 is 1.23 bits per heavy atom. The number of benzene rings is 1. The number of amides is 4. The van der Waals surface area contributed by atoms with Gasteiger partial charge in [0.2, 0.25) is 23.6 Å². The first-order valence-electron chi connectivity index (χ1n) is 12.3. The molecule has 40 heavy (non-hydrogen) atoms. The second-order valence-corrected chi connectivity index (χ2v) is 9.42. The van der Waals surface area contributed by atoms with E-state index in [0.717, 1.165) is 0 Å². The van der Waals surface area contributed by atoms with Crippen molar-refractivity contribution < 1.29 is 48.9 Å². The van der Waals surface area contributed by atoms with E-state index in [1.165, 1.54) is 0 Å². The molecular weight excluding hydrogens is 530 g/mol. The number of carbonyl (C=O) groups excluding carboxylic acids is 4. The van der Waals surface area contributed by atoms with Gasteiger partial charge in [0.15, 0.2) is 0 Å². The Bertz CT molecular complexity index is 1080. The molecule has 0 saturated carbocycles. The van der Waals surface area contributed by atoms with Gasteiger partial charge >= 0.3 is 17.9 Å². The topological polar surface area (TPSA) is 254 Å². The van der Waals surface area contributed by atoms with Crippen LogP contribution in [0, 0.1) is 5.92 Å². The van der Waals surface area contributed by atoms with Crippen molar-refractivity contribution in [3.63, 3.8) is 0 Å². The van der Waals surface area contributed by atoms with Gasteiger partial charge < -0.3 is 42.3 Å². The highest BCUT2D eigenvalue weighted by Crippen LogP contribution is 2.09. The summed E-state index contributed by atoms with van der Waals surface area (Å²) >= 11 is 0. The minimum absolute atomic E-state index is 0.0875. The summed E-state index contributed by atoms with van der Waals surface area (Å²) in [6.07, 6.45) is -1.61. The smallest absolute Gasteiger partial charge is 0.322 e. The van der Waals surface area contributed by atoms with Crippen LogP contribution in [0.2, 0.25) is 0 Å². The second-order valence-electron chi connectivity index (χ2n) is 9.42. The lowest BCUT2D eigenvalue weighted by atomic mass is 10.0. The van der Waals surface area contributed by atoms with Crippen LogP contribution in [0.5, 0.6) is 0 Å². The van der Waals surface area contributed by atoms with E-state index in [0.29, 0.717) is 5.56 Å². The van der Waals surface area contributed by atoms with Crippen molar-refractivity contribution in [2.75, 3.05) is 6.54 Å². The molecule has 0 bridgehead atoms. The Labute approximate surface area is 229 Å². The van der Waals surface area contributed by atoms with Crippen molar-refractivity contribution >= 4 is 41.5 Å². The maximum absolute atomic E-state index is 13.3. The molecule has 220 valence electrons. The molecule has 1 aromatic carbocycles. The molecule has 4 amide bonds. The fourth-order valence-corrected chi connectivity index (χ4v) is 3.54. The van der Waals surface area contributed by atoms with E-state index in [1.807, 2.05) is 0 Å². The Morgan fingerprint density at radius 3 is 1.75 bits per heavy atom. The van der Waals surface area contributed by atoms with Gasteiger partial charge in [-0.15, -0.1) is 0 Å². The molecule has 4 atom stereocenters. The van der Waals surface area contributed by atoms with E-state index >= 15 is 0 Å². The number of carboxylic acid groups (broad SMARTS) is 3. The number of hydrogen-bond acceptors (Lipinski definition) is 8. The number of carbonyl (C=O) groups is 7. The number of rotatable bonds is 17. The Kier molecular flexibility index (Phi) is 13.8. The van der Waals surface area contributed by atoms with E-state index in [9.17, 15) is 38.7 Å². The fraction of sp³-hybridized carbons (Fsp3) is 0.480. The maximum atomic E-state index is 13.3. The van der Waals surface area contributed by atoms with Crippen molar-refractivity contribution in [3.8, 4) is 0 Å². The summed E-state index contributed by atoms with van der Waals surface area (Å²) in [5, 5.41) is 36.1. The summed E-state index contributed by atoms with van der Waals surface area (Å²) in [7, 11) is 0. The Morgan fingerprint density at radius 1 is 0.700 bits per heavy atom. The monoisotopic (exact) mass is 565 g/mol. The van der Waals surface area contributed by atoms with Crippen molar-refractivity contribution in [2.45, 2.75) is 63.7 Å². The lowest BCUT2D eigenvalue weighted by molar-refractivity contribution is -0.142. The first-order chi connectivity index (χ1) is 18.7. The van der Waals surface area contributed by atoms with Crippen molar-refractivity contribution in [3.05, 3.63) is 35.9 Å². The van der Waals surface area contributed by atoms with E-state index in [1.54, 1.807) is 44.2 Å². The van der Waals surface area contributed by atoms with Gasteiger partial charge in [0, 0.05) is 6.42 Å². The molecule has 0 aliphatic carbocycles. The average molecular weight is 566 g/mol. The summed E-state index contributed by atoms with van der Waals surface area (Å²) < 4.78 is 0. The number of hydrogen-bond donors (Lipinski definition) is 8.